The second-order valence-electron chi connectivity index (χ2n) is 4.10. The number of thioether (sulfide) groups is 1. The quantitative estimate of drug-likeness (QED) is 0.267. The molecule has 0 amide bonds. The Morgan fingerprint density at radius 3 is 2.94 bits per heavy atom. The van der Waals surface area contributed by atoms with Gasteiger partial charge in [0.25, 0.3) is 0 Å². The van der Waals surface area contributed by atoms with Crippen molar-refractivity contribution in [1.82, 2.24) is 9.97 Å². The summed E-state index contributed by atoms with van der Waals surface area (Å²) in [6, 6.07) is 0. The maximum absolute atomic E-state index is 8.54. The van der Waals surface area contributed by atoms with Gasteiger partial charge in [-0.3, -0.25) is 4.98 Å². The molecule has 2 rings (SSSR count). The summed E-state index contributed by atoms with van der Waals surface area (Å²) in [5.41, 5.74) is 5.74. The molecule has 86 valence electrons. The first kappa shape index (κ1) is 11.2. The van der Waals surface area contributed by atoms with Gasteiger partial charge >= 0.3 is 0 Å². The lowest BCUT2D eigenvalue weighted by atomic mass is 10.1. The van der Waals surface area contributed by atoms with E-state index in [1.165, 1.54) is 0 Å². The lowest BCUT2D eigenvalue weighted by Gasteiger charge is -2.12. The number of hydrogen-bond acceptors (Lipinski definition) is 5. The van der Waals surface area contributed by atoms with Gasteiger partial charge in [-0.25, -0.2) is 4.98 Å². The summed E-state index contributed by atoms with van der Waals surface area (Å²) in [6.07, 6.45) is 8.03. The van der Waals surface area contributed by atoms with Gasteiger partial charge in [-0.15, -0.1) is 11.8 Å². The Morgan fingerprint density at radius 2 is 2.38 bits per heavy atom. The molecule has 0 saturated heterocycles. The highest BCUT2D eigenvalue weighted by Crippen LogP contribution is 2.51. The molecule has 1 aromatic rings. The largest absolute Gasteiger partial charge is 0.409 e. The molecule has 1 saturated carbocycles. The molecule has 6 heteroatoms. The van der Waals surface area contributed by atoms with Crippen LogP contribution in [0.25, 0.3) is 0 Å². The van der Waals surface area contributed by atoms with Gasteiger partial charge in [-0.05, 0) is 18.3 Å². The Hall–Kier alpha value is -1.30. The average molecular weight is 238 g/mol. The summed E-state index contributed by atoms with van der Waals surface area (Å²) >= 11 is 1.68. The topological polar surface area (TPSA) is 84.4 Å². The van der Waals surface area contributed by atoms with Gasteiger partial charge in [0.2, 0.25) is 0 Å². The van der Waals surface area contributed by atoms with Crippen LogP contribution >= 0.6 is 11.8 Å². The fraction of sp³-hybridized carbons (Fsp3) is 0.500. The fourth-order valence-corrected chi connectivity index (χ4v) is 2.67. The van der Waals surface area contributed by atoms with E-state index in [1.54, 1.807) is 30.4 Å². The average Bonchev–Trinajstić information content (AvgIpc) is 3.08. The van der Waals surface area contributed by atoms with E-state index in [9.17, 15) is 0 Å². The number of nitrogens with zero attached hydrogens (tertiary/aromatic N) is 3. The van der Waals surface area contributed by atoms with E-state index in [0.717, 1.165) is 23.6 Å². The van der Waals surface area contributed by atoms with E-state index in [1.807, 2.05) is 0 Å². The van der Waals surface area contributed by atoms with Crippen molar-refractivity contribution in [2.75, 3.05) is 5.75 Å². The van der Waals surface area contributed by atoms with Crippen LogP contribution in [0.3, 0.4) is 0 Å². The van der Waals surface area contributed by atoms with E-state index in [2.05, 4.69) is 15.1 Å². The molecule has 1 fully saturated rings. The van der Waals surface area contributed by atoms with Crippen molar-refractivity contribution < 1.29 is 5.21 Å². The first-order valence-corrected chi connectivity index (χ1v) is 6.08. The van der Waals surface area contributed by atoms with Crippen molar-refractivity contribution in [3.05, 3.63) is 18.6 Å². The van der Waals surface area contributed by atoms with Crippen LogP contribution in [0.2, 0.25) is 0 Å². The van der Waals surface area contributed by atoms with Crippen LogP contribution in [0.1, 0.15) is 19.3 Å². The second-order valence-corrected chi connectivity index (χ2v) is 5.10. The van der Waals surface area contributed by atoms with E-state index in [0.29, 0.717) is 12.3 Å². The van der Waals surface area contributed by atoms with Crippen molar-refractivity contribution in [3.8, 4) is 0 Å². The van der Waals surface area contributed by atoms with E-state index < -0.39 is 0 Å². The van der Waals surface area contributed by atoms with Crippen LogP contribution in [-0.4, -0.2) is 26.8 Å². The predicted molar refractivity (Wildman–Crippen MR) is 62.4 cm³/mol. The Balaban J connectivity index is 1.86. The molecular weight excluding hydrogens is 224 g/mol. The molecule has 1 aromatic heterocycles. The molecule has 3 N–H and O–H groups in total. The Kier molecular flexibility index (Phi) is 3.28. The van der Waals surface area contributed by atoms with Gasteiger partial charge in [0.05, 0.1) is 6.20 Å². The number of oxime groups is 1. The highest BCUT2D eigenvalue weighted by atomic mass is 32.2. The number of amidine groups is 1. The molecule has 0 aliphatic heterocycles. The number of hydrogen-bond donors (Lipinski definition) is 2. The molecule has 0 atom stereocenters. The highest BCUT2D eigenvalue weighted by molar-refractivity contribution is 7.99. The third-order valence-corrected chi connectivity index (χ3v) is 3.97. The standard InChI is InChI=1S/C10H14N4OS/c11-8(14-15)5-10(1-2-10)7-16-9-6-12-3-4-13-9/h3-4,6,15H,1-2,5,7H2,(H2,11,14). The summed E-state index contributed by atoms with van der Waals surface area (Å²) in [7, 11) is 0. The Labute approximate surface area is 98.2 Å². The summed E-state index contributed by atoms with van der Waals surface area (Å²) in [5, 5.41) is 12.5. The van der Waals surface area contributed by atoms with Gasteiger partial charge in [-0.2, -0.15) is 0 Å². The van der Waals surface area contributed by atoms with Crippen LogP contribution in [-0.2, 0) is 0 Å². The van der Waals surface area contributed by atoms with Crippen LogP contribution in [0.15, 0.2) is 28.8 Å². The maximum Gasteiger partial charge on any atom is 0.139 e. The number of aromatic nitrogens is 2. The maximum atomic E-state index is 8.54. The van der Waals surface area contributed by atoms with Gasteiger partial charge in [0, 0.05) is 24.6 Å². The zero-order valence-electron chi connectivity index (χ0n) is 8.83. The third kappa shape index (κ3) is 2.85. The molecule has 0 radical (unpaired) electrons. The van der Waals surface area contributed by atoms with Gasteiger partial charge < -0.3 is 10.9 Å². The molecule has 1 heterocycles. The zero-order chi connectivity index (χ0) is 11.4. The molecule has 16 heavy (non-hydrogen) atoms. The predicted octanol–water partition coefficient (Wildman–Crippen LogP) is 1.49. The van der Waals surface area contributed by atoms with E-state index in [-0.39, 0.29) is 5.41 Å². The summed E-state index contributed by atoms with van der Waals surface area (Å²) in [5.74, 6) is 1.26. The lowest BCUT2D eigenvalue weighted by molar-refractivity contribution is 0.315. The van der Waals surface area contributed by atoms with Gasteiger partial charge in [0.1, 0.15) is 10.9 Å². The van der Waals surface area contributed by atoms with Crippen LogP contribution in [0.4, 0.5) is 0 Å². The SMILES string of the molecule is NC(CC1(CSc2cnccn2)CC1)=NO. The van der Waals surface area contributed by atoms with Crippen LogP contribution < -0.4 is 5.73 Å². The minimum absolute atomic E-state index is 0.207. The third-order valence-electron chi connectivity index (χ3n) is 2.71. The molecule has 1 aliphatic rings. The van der Waals surface area contributed by atoms with Crippen LogP contribution in [0.5, 0.6) is 0 Å². The number of rotatable bonds is 5. The summed E-state index contributed by atoms with van der Waals surface area (Å²) in [4.78, 5) is 8.21. The van der Waals surface area contributed by atoms with E-state index >= 15 is 0 Å². The lowest BCUT2D eigenvalue weighted by Crippen LogP contribution is -2.19. The first-order valence-electron chi connectivity index (χ1n) is 5.09. The Bertz CT molecular complexity index is 378. The normalized spacial score (nSPS) is 18.4. The van der Waals surface area contributed by atoms with Crippen molar-refractivity contribution >= 4 is 17.6 Å². The minimum Gasteiger partial charge on any atom is -0.409 e. The van der Waals surface area contributed by atoms with Crippen molar-refractivity contribution in [2.24, 2.45) is 16.3 Å². The molecule has 1 aliphatic carbocycles. The minimum atomic E-state index is 0.207. The van der Waals surface area contributed by atoms with Crippen molar-refractivity contribution in [1.29, 1.82) is 0 Å². The van der Waals surface area contributed by atoms with Gasteiger partial charge in [-0.1, -0.05) is 5.16 Å². The molecule has 0 unspecified atom stereocenters. The zero-order valence-corrected chi connectivity index (χ0v) is 9.65. The highest BCUT2D eigenvalue weighted by Gasteiger charge is 2.43. The first-order chi connectivity index (χ1) is 7.74. The monoisotopic (exact) mass is 238 g/mol. The Morgan fingerprint density at radius 1 is 1.56 bits per heavy atom. The second kappa shape index (κ2) is 4.69. The molecule has 0 bridgehead atoms. The van der Waals surface area contributed by atoms with Crippen molar-refractivity contribution in [3.63, 3.8) is 0 Å². The summed E-state index contributed by atoms with van der Waals surface area (Å²) in [6.45, 7) is 0. The molecule has 0 aromatic carbocycles. The van der Waals surface area contributed by atoms with Crippen molar-refractivity contribution in [2.45, 2.75) is 24.3 Å². The van der Waals surface area contributed by atoms with E-state index in [4.69, 9.17) is 10.9 Å². The van der Waals surface area contributed by atoms with Gasteiger partial charge in [0.15, 0.2) is 0 Å². The van der Waals surface area contributed by atoms with Crippen LogP contribution in [0, 0.1) is 5.41 Å². The molecule has 0 spiro atoms. The summed E-state index contributed by atoms with van der Waals surface area (Å²) < 4.78 is 0. The molecular formula is C10H14N4OS. The smallest absolute Gasteiger partial charge is 0.139 e. The fourth-order valence-electron chi connectivity index (χ4n) is 1.56. The molecule has 5 nitrogen and oxygen atoms in total. The number of nitrogens with two attached hydrogens (primary N) is 1.